The number of nitrogens with zero attached hydrogens (tertiary/aromatic N) is 6. The minimum atomic E-state index is 0.639. The van der Waals surface area contributed by atoms with Crippen molar-refractivity contribution in [1.29, 1.82) is 0 Å². The van der Waals surface area contributed by atoms with Crippen molar-refractivity contribution >= 4 is 17.0 Å². The van der Waals surface area contributed by atoms with E-state index >= 15 is 0 Å². The van der Waals surface area contributed by atoms with E-state index < -0.39 is 0 Å². The number of anilines is 1. The van der Waals surface area contributed by atoms with Crippen molar-refractivity contribution in [3.63, 3.8) is 0 Å². The topological polar surface area (TPSA) is 82.7 Å². The van der Waals surface area contributed by atoms with Gasteiger partial charge in [0.15, 0.2) is 22.8 Å². The van der Waals surface area contributed by atoms with Crippen LogP contribution in [-0.2, 0) is 13.5 Å². The summed E-state index contributed by atoms with van der Waals surface area (Å²) in [5.74, 6) is 2.21. The SMILES string of the molecule is COc1ccc(CCNc2nc(-c3c(C)nn(C)c3C)nc3c2ncn3-c2ccccc2)cc1. The van der Waals surface area contributed by atoms with E-state index in [2.05, 4.69) is 27.5 Å². The summed E-state index contributed by atoms with van der Waals surface area (Å²) < 4.78 is 9.12. The Hall–Kier alpha value is -4.20. The fraction of sp³-hybridized carbons (Fsp3) is 0.231. The van der Waals surface area contributed by atoms with Crippen LogP contribution in [0.15, 0.2) is 60.9 Å². The summed E-state index contributed by atoms with van der Waals surface area (Å²) in [6.07, 6.45) is 2.64. The zero-order chi connectivity index (χ0) is 23.7. The highest BCUT2D eigenvalue weighted by atomic mass is 16.5. The average molecular weight is 454 g/mol. The smallest absolute Gasteiger partial charge is 0.170 e. The summed E-state index contributed by atoms with van der Waals surface area (Å²) in [7, 11) is 3.61. The van der Waals surface area contributed by atoms with Gasteiger partial charge in [0.25, 0.3) is 0 Å². The van der Waals surface area contributed by atoms with E-state index in [1.54, 1.807) is 13.4 Å². The Balaban J connectivity index is 1.54. The largest absolute Gasteiger partial charge is 0.497 e. The summed E-state index contributed by atoms with van der Waals surface area (Å²) in [6.45, 7) is 4.73. The van der Waals surface area contributed by atoms with Gasteiger partial charge in [0.1, 0.15) is 12.1 Å². The van der Waals surface area contributed by atoms with Crippen molar-refractivity contribution in [3.8, 4) is 22.8 Å². The van der Waals surface area contributed by atoms with Gasteiger partial charge in [-0.05, 0) is 50.1 Å². The molecule has 3 aromatic heterocycles. The number of benzene rings is 2. The normalized spacial score (nSPS) is 11.2. The first-order valence-electron chi connectivity index (χ1n) is 11.2. The van der Waals surface area contributed by atoms with Crippen molar-refractivity contribution in [2.45, 2.75) is 20.3 Å². The number of hydrogen-bond donors (Lipinski definition) is 1. The summed E-state index contributed by atoms with van der Waals surface area (Å²) >= 11 is 0. The van der Waals surface area contributed by atoms with E-state index in [0.717, 1.165) is 46.0 Å². The Morgan fingerprint density at radius 2 is 1.74 bits per heavy atom. The number of para-hydroxylation sites is 1. The molecule has 3 heterocycles. The Morgan fingerprint density at radius 3 is 2.41 bits per heavy atom. The summed E-state index contributed by atoms with van der Waals surface area (Å²) in [5, 5.41) is 8.06. The van der Waals surface area contributed by atoms with Crippen LogP contribution in [0.4, 0.5) is 5.82 Å². The van der Waals surface area contributed by atoms with Crippen molar-refractivity contribution in [1.82, 2.24) is 29.3 Å². The molecule has 5 rings (SSSR count). The van der Waals surface area contributed by atoms with E-state index in [-0.39, 0.29) is 0 Å². The number of ether oxygens (including phenoxy) is 1. The van der Waals surface area contributed by atoms with Crippen molar-refractivity contribution in [2.24, 2.45) is 7.05 Å². The van der Waals surface area contributed by atoms with Gasteiger partial charge >= 0.3 is 0 Å². The molecule has 0 spiro atoms. The van der Waals surface area contributed by atoms with Gasteiger partial charge in [-0.1, -0.05) is 30.3 Å². The number of methoxy groups -OCH3 is 1. The van der Waals surface area contributed by atoms with Crippen LogP contribution < -0.4 is 10.1 Å². The number of aryl methyl sites for hydroxylation is 2. The fourth-order valence-electron chi connectivity index (χ4n) is 4.13. The summed E-state index contributed by atoms with van der Waals surface area (Å²) in [4.78, 5) is 14.5. The zero-order valence-corrected chi connectivity index (χ0v) is 19.8. The van der Waals surface area contributed by atoms with Gasteiger partial charge in [0, 0.05) is 25.0 Å². The van der Waals surface area contributed by atoms with Crippen molar-refractivity contribution in [2.75, 3.05) is 19.0 Å². The molecule has 0 fully saturated rings. The summed E-state index contributed by atoms with van der Waals surface area (Å²) in [6, 6.07) is 18.2. The maximum Gasteiger partial charge on any atom is 0.170 e. The second-order valence-corrected chi connectivity index (χ2v) is 8.21. The van der Waals surface area contributed by atoms with E-state index in [0.29, 0.717) is 18.2 Å². The van der Waals surface area contributed by atoms with E-state index in [1.165, 1.54) is 5.56 Å². The Morgan fingerprint density at radius 1 is 0.971 bits per heavy atom. The molecule has 0 aliphatic rings. The first-order chi connectivity index (χ1) is 16.5. The number of imidazole rings is 1. The number of aromatic nitrogens is 6. The van der Waals surface area contributed by atoms with Crippen LogP contribution in [-0.4, -0.2) is 43.0 Å². The van der Waals surface area contributed by atoms with Gasteiger partial charge < -0.3 is 10.1 Å². The maximum atomic E-state index is 5.26. The molecule has 0 aliphatic carbocycles. The third kappa shape index (κ3) is 3.98. The Kier molecular flexibility index (Phi) is 5.71. The molecular formula is C26H27N7O. The molecule has 5 aromatic rings. The van der Waals surface area contributed by atoms with Crippen molar-refractivity contribution in [3.05, 3.63) is 77.9 Å². The Bertz CT molecular complexity index is 1440. The molecule has 172 valence electrons. The quantitative estimate of drug-likeness (QED) is 0.391. The monoisotopic (exact) mass is 453 g/mol. The highest BCUT2D eigenvalue weighted by Gasteiger charge is 2.20. The lowest BCUT2D eigenvalue weighted by molar-refractivity contribution is 0.414. The van der Waals surface area contributed by atoms with Crippen LogP contribution in [0.1, 0.15) is 17.0 Å². The molecule has 34 heavy (non-hydrogen) atoms. The van der Waals surface area contributed by atoms with Gasteiger partial charge in [0.05, 0.1) is 18.4 Å². The molecule has 0 bridgehead atoms. The molecule has 0 unspecified atom stereocenters. The minimum absolute atomic E-state index is 0.639. The molecule has 0 radical (unpaired) electrons. The van der Waals surface area contributed by atoms with Gasteiger partial charge in [0.2, 0.25) is 0 Å². The van der Waals surface area contributed by atoms with Crippen LogP contribution in [0, 0.1) is 13.8 Å². The van der Waals surface area contributed by atoms with Gasteiger partial charge in [-0.25, -0.2) is 15.0 Å². The highest BCUT2D eigenvalue weighted by molar-refractivity contribution is 5.86. The molecule has 0 amide bonds. The number of hydrogen-bond acceptors (Lipinski definition) is 6. The van der Waals surface area contributed by atoms with Crippen LogP contribution in [0.25, 0.3) is 28.2 Å². The predicted molar refractivity (Wildman–Crippen MR) is 134 cm³/mol. The van der Waals surface area contributed by atoms with Crippen molar-refractivity contribution < 1.29 is 4.74 Å². The molecule has 0 saturated carbocycles. The van der Waals surface area contributed by atoms with E-state index in [9.17, 15) is 0 Å². The maximum absolute atomic E-state index is 5.26. The van der Waals surface area contributed by atoms with Gasteiger partial charge in [-0.15, -0.1) is 0 Å². The molecule has 1 N–H and O–H groups in total. The minimum Gasteiger partial charge on any atom is -0.497 e. The average Bonchev–Trinajstić information content (AvgIpc) is 3.40. The molecular weight excluding hydrogens is 426 g/mol. The lowest BCUT2D eigenvalue weighted by Crippen LogP contribution is -2.09. The van der Waals surface area contributed by atoms with Gasteiger partial charge in [-0.3, -0.25) is 9.25 Å². The third-order valence-corrected chi connectivity index (χ3v) is 6.03. The predicted octanol–water partition coefficient (Wildman–Crippen LogP) is 4.50. The molecule has 0 aliphatic heterocycles. The first kappa shape index (κ1) is 21.6. The zero-order valence-electron chi connectivity index (χ0n) is 19.8. The number of rotatable bonds is 7. The van der Waals surface area contributed by atoms with Crippen LogP contribution >= 0.6 is 0 Å². The van der Waals surface area contributed by atoms with Gasteiger partial charge in [-0.2, -0.15) is 5.10 Å². The molecule has 2 aromatic carbocycles. The van der Waals surface area contributed by atoms with E-state index in [1.807, 2.05) is 72.6 Å². The van der Waals surface area contributed by atoms with Crippen LogP contribution in [0.3, 0.4) is 0 Å². The fourth-order valence-corrected chi connectivity index (χ4v) is 4.13. The number of fused-ring (bicyclic) bond motifs is 1. The first-order valence-corrected chi connectivity index (χ1v) is 11.2. The molecule has 8 heteroatoms. The van der Waals surface area contributed by atoms with Crippen LogP contribution in [0.5, 0.6) is 5.75 Å². The second-order valence-electron chi connectivity index (χ2n) is 8.21. The lowest BCUT2D eigenvalue weighted by atomic mass is 10.1. The Labute approximate surface area is 198 Å². The molecule has 0 atom stereocenters. The third-order valence-electron chi connectivity index (χ3n) is 6.03. The molecule has 0 saturated heterocycles. The lowest BCUT2D eigenvalue weighted by Gasteiger charge is -2.11. The van der Waals surface area contributed by atoms with E-state index in [4.69, 9.17) is 14.7 Å². The highest BCUT2D eigenvalue weighted by Crippen LogP contribution is 2.29. The number of nitrogens with one attached hydrogen (secondary N) is 1. The summed E-state index contributed by atoms with van der Waals surface area (Å²) in [5.41, 5.74) is 6.57. The van der Waals surface area contributed by atoms with Crippen LogP contribution in [0.2, 0.25) is 0 Å². The standard InChI is InChI=1S/C26H27N7O/c1-17-22(18(2)32(3)31-17)24-29-25(27-15-14-19-10-12-21(34-4)13-11-19)23-26(30-24)33(16-28-23)20-8-6-5-7-9-20/h5-13,16H,14-15H2,1-4H3,(H,27,29,30). The second kappa shape index (κ2) is 8.97. The molecule has 8 nitrogen and oxygen atoms in total.